The molecule has 1 aromatic heterocycles. The zero-order valence-corrected chi connectivity index (χ0v) is 9.57. The van der Waals surface area contributed by atoms with Gasteiger partial charge in [-0.15, -0.1) is 0 Å². The lowest BCUT2D eigenvalue weighted by Crippen LogP contribution is -2.01. The van der Waals surface area contributed by atoms with Crippen molar-refractivity contribution in [3.8, 4) is 5.69 Å². The molecule has 0 aliphatic rings. The van der Waals surface area contributed by atoms with Crippen LogP contribution < -0.4 is 5.73 Å². The average molecular weight is 263 g/mol. The maximum atomic E-state index is 13.6. The topological polar surface area (TPSA) is 43.8 Å². The molecule has 0 spiro atoms. The van der Waals surface area contributed by atoms with E-state index in [1.807, 2.05) is 0 Å². The number of anilines is 1. The van der Waals surface area contributed by atoms with Gasteiger partial charge < -0.3 is 5.73 Å². The van der Waals surface area contributed by atoms with Crippen LogP contribution in [-0.2, 0) is 0 Å². The number of para-hydroxylation sites is 1. The number of nitrogen functional groups attached to an aromatic ring is 1. The quantitative estimate of drug-likeness (QED) is 0.733. The first-order valence-electron chi connectivity index (χ1n) is 5.45. The fourth-order valence-electron chi connectivity index (χ4n) is 2.02. The highest BCUT2D eigenvalue weighted by Crippen LogP contribution is 2.25. The number of nitrogens with zero attached hydrogens (tertiary/aromatic N) is 2. The number of imidazole rings is 1. The number of hydrogen-bond donors (Lipinski definition) is 1. The van der Waals surface area contributed by atoms with Gasteiger partial charge in [0.2, 0.25) is 5.95 Å². The van der Waals surface area contributed by atoms with Gasteiger partial charge in [0.25, 0.3) is 0 Å². The molecule has 19 heavy (non-hydrogen) atoms. The monoisotopic (exact) mass is 263 g/mol. The summed E-state index contributed by atoms with van der Waals surface area (Å²) in [6.45, 7) is 0. The van der Waals surface area contributed by atoms with Gasteiger partial charge in [-0.25, -0.2) is 18.2 Å². The van der Waals surface area contributed by atoms with Gasteiger partial charge in [-0.2, -0.15) is 0 Å². The van der Waals surface area contributed by atoms with Crippen molar-refractivity contribution in [2.75, 3.05) is 5.73 Å². The summed E-state index contributed by atoms with van der Waals surface area (Å²) >= 11 is 0. The minimum atomic E-state index is -0.743. The summed E-state index contributed by atoms with van der Waals surface area (Å²) in [5.74, 6) is -2.06. The van der Waals surface area contributed by atoms with Crippen LogP contribution in [0.15, 0.2) is 36.4 Å². The van der Waals surface area contributed by atoms with E-state index in [2.05, 4.69) is 4.98 Å². The van der Waals surface area contributed by atoms with E-state index in [-0.39, 0.29) is 17.2 Å². The Labute approximate surface area is 106 Å². The molecule has 96 valence electrons. The van der Waals surface area contributed by atoms with Crippen molar-refractivity contribution < 1.29 is 13.2 Å². The van der Waals surface area contributed by atoms with Gasteiger partial charge in [-0.05, 0) is 24.3 Å². The first-order chi connectivity index (χ1) is 9.06. The number of hydrogen-bond acceptors (Lipinski definition) is 2. The maximum Gasteiger partial charge on any atom is 0.206 e. The highest BCUT2D eigenvalue weighted by atomic mass is 19.1. The second-order valence-corrected chi connectivity index (χ2v) is 4.04. The van der Waals surface area contributed by atoms with Gasteiger partial charge in [0.1, 0.15) is 17.2 Å². The molecule has 0 fully saturated rings. The van der Waals surface area contributed by atoms with E-state index in [1.54, 1.807) is 6.07 Å². The fraction of sp³-hybridized carbons (Fsp3) is 0. The van der Waals surface area contributed by atoms with Crippen LogP contribution >= 0.6 is 0 Å². The van der Waals surface area contributed by atoms with Crippen molar-refractivity contribution in [3.05, 3.63) is 53.8 Å². The zero-order valence-electron chi connectivity index (χ0n) is 9.57. The third kappa shape index (κ3) is 1.81. The van der Waals surface area contributed by atoms with Gasteiger partial charge in [-0.3, -0.25) is 4.57 Å². The smallest absolute Gasteiger partial charge is 0.206 e. The summed E-state index contributed by atoms with van der Waals surface area (Å²) in [5.41, 5.74) is 6.26. The molecule has 3 nitrogen and oxygen atoms in total. The average Bonchev–Trinajstić information content (AvgIpc) is 2.65. The normalized spacial score (nSPS) is 11.1. The van der Waals surface area contributed by atoms with E-state index in [0.717, 1.165) is 18.2 Å². The molecule has 0 aliphatic heterocycles. The first kappa shape index (κ1) is 11.6. The highest BCUT2D eigenvalue weighted by Gasteiger charge is 2.14. The number of benzene rings is 2. The molecule has 0 amide bonds. The Morgan fingerprint density at radius 1 is 1.00 bits per heavy atom. The molecule has 2 aromatic carbocycles. The van der Waals surface area contributed by atoms with Crippen LogP contribution in [0.1, 0.15) is 0 Å². The number of nitrogens with two attached hydrogens (primary N) is 1. The summed E-state index contributed by atoms with van der Waals surface area (Å²) in [7, 11) is 0. The molecular formula is C13H8F3N3. The third-order valence-corrected chi connectivity index (χ3v) is 2.77. The summed E-state index contributed by atoms with van der Waals surface area (Å²) in [6.07, 6.45) is 0. The number of halogens is 3. The Morgan fingerprint density at radius 3 is 2.37 bits per heavy atom. The third-order valence-electron chi connectivity index (χ3n) is 2.77. The number of rotatable bonds is 1. The largest absolute Gasteiger partial charge is 0.369 e. The second kappa shape index (κ2) is 4.01. The molecule has 6 heteroatoms. The molecule has 2 N–H and O–H groups in total. The molecule has 0 radical (unpaired) electrons. The summed E-state index contributed by atoms with van der Waals surface area (Å²) in [5, 5.41) is 0. The van der Waals surface area contributed by atoms with Crippen molar-refractivity contribution in [1.82, 2.24) is 9.55 Å². The number of fused-ring (bicyclic) bond motifs is 1. The van der Waals surface area contributed by atoms with Gasteiger partial charge in [-0.1, -0.05) is 6.07 Å². The van der Waals surface area contributed by atoms with Crippen molar-refractivity contribution in [3.63, 3.8) is 0 Å². The van der Waals surface area contributed by atoms with Gasteiger partial charge >= 0.3 is 0 Å². The Hall–Kier alpha value is -2.50. The predicted molar refractivity (Wildman–Crippen MR) is 65.4 cm³/mol. The Balaban J connectivity index is 2.36. The molecule has 3 aromatic rings. The van der Waals surface area contributed by atoms with Crippen molar-refractivity contribution >= 4 is 17.0 Å². The van der Waals surface area contributed by atoms with E-state index in [0.29, 0.717) is 5.52 Å². The molecule has 0 saturated carbocycles. The lowest BCUT2D eigenvalue weighted by molar-refractivity contribution is 0.582. The van der Waals surface area contributed by atoms with E-state index >= 15 is 0 Å². The molecule has 0 atom stereocenters. The summed E-state index contributed by atoms with van der Waals surface area (Å²) < 4.78 is 41.4. The van der Waals surface area contributed by atoms with Crippen LogP contribution in [0.4, 0.5) is 19.1 Å². The molecule has 0 saturated heterocycles. The van der Waals surface area contributed by atoms with E-state index in [9.17, 15) is 13.2 Å². The van der Waals surface area contributed by atoms with Crippen molar-refractivity contribution in [2.24, 2.45) is 0 Å². The van der Waals surface area contributed by atoms with Crippen LogP contribution in [0.25, 0.3) is 16.7 Å². The molecule has 1 heterocycles. The van der Waals surface area contributed by atoms with E-state index in [4.69, 9.17) is 5.73 Å². The Morgan fingerprint density at radius 2 is 1.68 bits per heavy atom. The van der Waals surface area contributed by atoms with Crippen LogP contribution in [0.3, 0.4) is 0 Å². The molecular weight excluding hydrogens is 255 g/mol. The second-order valence-electron chi connectivity index (χ2n) is 4.04. The van der Waals surface area contributed by atoms with Gasteiger partial charge in [0.05, 0.1) is 11.2 Å². The predicted octanol–water partition coefficient (Wildman–Crippen LogP) is 3.03. The Bertz CT molecular complexity index is 760. The van der Waals surface area contributed by atoms with Crippen LogP contribution in [0, 0.1) is 17.5 Å². The molecule has 0 bridgehead atoms. The Kier molecular flexibility index (Phi) is 2.45. The molecule has 3 rings (SSSR count). The van der Waals surface area contributed by atoms with Crippen molar-refractivity contribution in [1.29, 1.82) is 0 Å². The SMILES string of the molecule is Nc1nc2c(F)cccc2n1-c1cc(F)cc(F)c1. The fourth-order valence-corrected chi connectivity index (χ4v) is 2.02. The van der Waals surface area contributed by atoms with Gasteiger partial charge in [0.15, 0.2) is 5.82 Å². The number of aromatic nitrogens is 2. The highest BCUT2D eigenvalue weighted by molar-refractivity contribution is 5.81. The maximum absolute atomic E-state index is 13.6. The minimum Gasteiger partial charge on any atom is -0.369 e. The van der Waals surface area contributed by atoms with Crippen LogP contribution in [0.5, 0.6) is 0 Å². The van der Waals surface area contributed by atoms with E-state index < -0.39 is 17.5 Å². The molecule has 0 unspecified atom stereocenters. The van der Waals surface area contributed by atoms with Crippen LogP contribution in [-0.4, -0.2) is 9.55 Å². The first-order valence-corrected chi connectivity index (χ1v) is 5.45. The van der Waals surface area contributed by atoms with Crippen LogP contribution in [0.2, 0.25) is 0 Å². The summed E-state index contributed by atoms with van der Waals surface area (Å²) in [4.78, 5) is 3.87. The molecule has 0 aliphatic carbocycles. The van der Waals surface area contributed by atoms with E-state index in [1.165, 1.54) is 16.7 Å². The lowest BCUT2D eigenvalue weighted by atomic mass is 10.2. The minimum absolute atomic E-state index is 0.0369. The lowest BCUT2D eigenvalue weighted by Gasteiger charge is -2.06. The zero-order chi connectivity index (χ0) is 13.6. The van der Waals surface area contributed by atoms with Crippen molar-refractivity contribution in [2.45, 2.75) is 0 Å². The standard InChI is InChI=1S/C13H8F3N3/c14-7-4-8(15)6-9(5-7)19-11-3-1-2-10(16)12(11)18-13(19)17/h1-6H,(H2,17,18). The summed E-state index contributed by atoms with van der Waals surface area (Å²) in [6, 6.07) is 7.25. The van der Waals surface area contributed by atoms with Gasteiger partial charge in [0, 0.05) is 6.07 Å².